The first kappa shape index (κ1) is 18.9. The summed E-state index contributed by atoms with van der Waals surface area (Å²) in [5.41, 5.74) is 4.14. The number of nitro groups is 1. The summed E-state index contributed by atoms with van der Waals surface area (Å²) in [5.74, 6) is 0.706. The Balaban J connectivity index is 1.79. The van der Waals surface area contributed by atoms with Crippen molar-refractivity contribution in [2.45, 2.75) is 13.5 Å². The highest BCUT2D eigenvalue weighted by molar-refractivity contribution is 5.89. The van der Waals surface area contributed by atoms with Crippen LogP contribution in [0.5, 0.6) is 5.75 Å². The molecule has 0 unspecified atom stereocenters. The van der Waals surface area contributed by atoms with Gasteiger partial charge in [0.05, 0.1) is 16.6 Å². The summed E-state index contributed by atoms with van der Waals surface area (Å²) in [6.45, 7) is 2.51. The van der Waals surface area contributed by atoms with Crippen molar-refractivity contribution in [2.75, 3.05) is 0 Å². The first-order valence-electron chi connectivity index (χ1n) is 8.71. The molecule has 3 aromatic carbocycles. The van der Waals surface area contributed by atoms with Crippen LogP contribution in [0.1, 0.15) is 22.3 Å². The maximum absolute atomic E-state index is 10.8. The molecule has 0 atom stereocenters. The van der Waals surface area contributed by atoms with Crippen LogP contribution < -0.4 is 4.74 Å². The second-order valence-corrected chi connectivity index (χ2v) is 6.26. The smallest absolute Gasteiger partial charge is 0.269 e. The zero-order valence-corrected chi connectivity index (χ0v) is 15.3. The molecule has 0 aliphatic carbocycles. The van der Waals surface area contributed by atoms with E-state index in [4.69, 9.17) is 4.74 Å². The third-order valence-corrected chi connectivity index (χ3v) is 4.33. The molecule has 0 radical (unpaired) electrons. The summed E-state index contributed by atoms with van der Waals surface area (Å²) in [6, 6.07) is 23.6. The minimum atomic E-state index is -0.463. The molecular formula is C23H18N2O3. The number of ether oxygens (including phenoxy) is 1. The molecule has 0 heterocycles. The van der Waals surface area contributed by atoms with Gasteiger partial charge in [0.25, 0.3) is 5.69 Å². The maximum Gasteiger partial charge on any atom is 0.269 e. The van der Waals surface area contributed by atoms with Gasteiger partial charge in [-0.1, -0.05) is 36.4 Å². The third kappa shape index (κ3) is 4.63. The zero-order valence-electron chi connectivity index (χ0n) is 15.3. The Morgan fingerprint density at radius 3 is 2.54 bits per heavy atom. The molecule has 0 spiro atoms. The number of allylic oxidation sites excluding steroid dienone is 1. The second kappa shape index (κ2) is 8.65. The molecule has 28 heavy (non-hydrogen) atoms. The summed E-state index contributed by atoms with van der Waals surface area (Å²) in [7, 11) is 0. The van der Waals surface area contributed by atoms with E-state index >= 15 is 0 Å². The van der Waals surface area contributed by atoms with Gasteiger partial charge >= 0.3 is 0 Å². The Kier molecular flexibility index (Phi) is 5.83. The summed E-state index contributed by atoms with van der Waals surface area (Å²) >= 11 is 0. The minimum absolute atomic E-state index is 0.00681. The van der Waals surface area contributed by atoms with Gasteiger partial charge in [-0.3, -0.25) is 10.1 Å². The van der Waals surface area contributed by atoms with E-state index in [9.17, 15) is 15.4 Å². The molecular weight excluding hydrogens is 352 g/mol. The quantitative estimate of drug-likeness (QED) is 0.247. The number of nitro benzene ring substituents is 1. The lowest BCUT2D eigenvalue weighted by Gasteiger charge is -2.09. The van der Waals surface area contributed by atoms with Crippen LogP contribution in [0.15, 0.2) is 72.8 Å². The Bertz CT molecular complexity index is 1060. The fraction of sp³-hybridized carbons (Fsp3) is 0.0870. The Hall–Kier alpha value is -3.91. The fourth-order valence-corrected chi connectivity index (χ4v) is 2.74. The Morgan fingerprint density at radius 2 is 1.86 bits per heavy atom. The van der Waals surface area contributed by atoms with Crippen LogP contribution >= 0.6 is 0 Å². The molecule has 0 aliphatic heterocycles. The highest BCUT2D eigenvalue weighted by atomic mass is 16.6. The van der Waals surface area contributed by atoms with Crippen molar-refractivity contribution in [1.82, 2.24) is 0 Å². The van der Waals surface area contributed by atoms with Crippen molar-refractivity contribution < 1.29 is 9.66 Å². The number of benzene rings is 3. The largest absolute Gasteiger partial charge is 0.489 e. The lowest BCUT2D eigenvalue weighted by Crippen LogP contribution is -1.97. The Morgan fingerprint density at radius 1 is 1.11 bits per heavy atom. The van der Waals surface area contributed by atoms with Gasteiger partial charge in [-0.15, -0.1) is 0 Å². The average molecular weight is 370 g/mol. The average Bonchev–Trinajstić information content (AvgIpc) is 2.72. The van der Waals surface area contributed by atoms with Crippen LogP contribution in [-0.2, 0) is 6.61 Å². The molecule has 0 aromatic heterocycles. The van der Waals surface area contributed by atoms with Crippen LogP contribution in [0.2, 0.25) is 0 Å². The number of aryl methyl sites for hydroxylation is 1. The highest BCUT2D eigenvalue weighted by Gasteiger charge is 2.07. The molecule has 0 fully saturated rings. The summed E-state index contributed by atoms with van der Waals surface area (Å²) < 4.78 is 5.89. The van der Waals surface area contributed by atoms with E-state index in [0.29, 0.717) is 23.5 Å². The molecule has 3 rings (SSSR count). The topological polar surface area (TPSA) is 76.2 Å². The normalized spacial score (nSPS) is 10.9. The van der Waals surface area contributed by atoms with Crippen molar-refractivity contribution in [3.8, 4) is 11.8 Å². The van der Waals surface area contributed by atoms with E-state index in [-0.39, 0.29) is 5.69 Å². The van der Waals surface area contributed by atoms with Gasteiger partial charge in [0.1, 0.15) is 12.4 Å². The van der Waals surface area contributed by atoms with Gasteiger partial charge in [-0.05, 0) is 59.5 Å². The highest BCUT2D eigenvalue weighted by Crippen LogP contribution is 2.23. The minimum Gasteiger partial charge on any atom is -0.489 e. The third-order valence-electron chi connectivity index (χ3n) is 4.33. The lowest BCUT2D eigenvalue weighted by atomic mass is 10.0. The van der Waals surface area contributed by atoms with Crippen LogP contribution in [-0.4, -0.2) is 4.92 Å². The molecule has 0 bridgehead atoms. The van der Waals surface area contributed by atoms with Crippen LogP contribution in [0, 0.1) is 28.4 Å². The first-order chi connectivity index (χ1) is 13.6. The molecule has 138 valence electrons. The van der Waals surface area contributed by atoms with E-state index in [2.05, 4.69) is 6.07 Å². The summed E-state index contributed by atoms with van der Waals surface area (Å²) in [6.07, 6.45) is 1.74. The molecule has 0 N–H and O–H groups in total. The number of nitrogens with zero attached hydrogens (tertiary/aromatic N) is 2. The fourth-order valence-electron chi connectivity index (χ4n) is 2.74. The van der Waals surface area contributed by atoms with Gasteiger partial charge in [-0.25, -0.2) is 0 Å². The zero-order chi connectivity index (χ0) is 19.9. The van der Waals surface area contributed by atoms with Crippen LogP contribution in [0.25, 0.3) is 11.6 Å². The molecule has 5 heteroatoms. The maximum atomic E-state index is 10.8. The van der Waals surface area contributed by atoms with Crippen molar-refractivity contribution in [2.24, 2.45) is 0 Å². The number of nitriles is 1. The molecule has 3 aromatic rings. The Labute approximate surface area is 163 Å². The van der Waals surface area contributed by atoms with Crippen LogP contribution in [0.4, 0.5) is 5.69 Å². The number of non-ortho nitro benzene ring substituents is 1. The van der Waals surface area contributed by atoms with Crippen LogP contribution in [0.3, 0.4) is 0 Å². The summed E-state index contributed by atoms with van der Waals surface area (Å²) in [4.78, 5) is 10.3. The SMILES string of the molecule is Cc1ccccc1COc1cccc(C=C(C#N)c2ccc([N+](=O)[O-])cc2)c1. The standard InChI is InChI=1S/C23H18N2O3/c1-17-5-2-3-7-20(17)16-28-23-8-4-6-18(14-23)13-21(15-24)19-9-11-22(12-10-19)25(26)27/h2-14H,16H2,1H3. The number of rotatable bonds is 6. The predicted molar refractivity (Wildman–Crippen MR) is 109 cm³/mol. The van der Waals surface area contributed by atoms with Crippen molar-refractivity contribution >= 4 is 17.3 Å². The van der Waals surface area contributed by atoms with Crippen molar-refractivity contribution in [1.29, 1.82) is 5.26 Å². The predicted octanol–water partition coefficient (Wildman–Crippen LogP) is 5.55. The van der Waals surface area contributed by atoms with E-state index < -0.39 is 4.92 Å². The monoisotopic (exact) mass is 370 g/mol. The van der Waals surface area contributed by atoms with E-state index in [1.165, 1.54) is 17.7 Å². The summed E-state index contributed by atoms with van der Waals surface area (Å²) in [5, 5.41) is 20.3. The molecule has 5 nitrogen and oxygen atoms in total. The van der Waals surface area contributed by atoms with Gasteiger partial charge in [-0.2, -0.15) is 5.26 Å². The van der Waals surface area contributed by atoms with Crippen molar-refractivity contribution in [3.05, 3.63) is 105 Å². The van der Waals surface area contributed by atoms with Gasteiger partial charge in [0.2, 0.25) is 0 Å². The first-order valence-corrected chi connectivity index (χ1v) is 8.71. The van der Waals surface area contributed by atoms with Gasteiger partial charge in [0.15, 0.2) is 0 Å². The number of hydrogen-bond acceptors (Lipinski definition) is 4. The molecule has 0 aliphatic rings. The van der Waals surface area contributed by atoms with E-state index in [0.717, 1.165) is 11.1 Å². The number of hydrogen-bond donors (Lipinski definition) is 0. The second-order valence-electron chi connectivity index (χ2n) is 6.26. The van der Waals surface area contributed by atoms with Crippen molar-refractivity contribution in [3.63, 3.8) is 0 Å². The van der Waals surface area contributed by atoms with Gasteiger partial charge in [0, 0.05) is 12.1 Å². The van der Waals surface area contributed by atoms with Gasteiger partial charge < -0.3 is 4.74 Å². The molecule has 0 amide bonds. The lowest BCUT2D eigenvalue weighted by molar-refractivity contribution is -0.384. The van der Waals surface area contributed by atoms with E-state index in [1.54, 1.807) is 18.2 Å². The van der Waals surface area contributed by atoms with E-state index in [1.807, 2.05) is 55.5 Å². The molecule has 0 saturated carbocycles. The molecule has 0 saturated heterocycles.